The van der Waals surface area contributed by atoms with Gasteiger partial charge in [0, 0.05) is 36.3 Å². The van der Waals surface area contributed by atoms with Gasteiger partial charge in [-0.3, -0.25) is 0 Å². The molecule has 0 aliphatic carbocycles. The van der Waals surface area contributed by atoms with Crippen molar-refractivity contribution < 1.29 is 5.11 Å². The molecule has 2 aromatic rings. The van der Waals surface area contributed by atoms with Crippen LogP contribution in [0, 0.1) is 0 Å². The first kappa shape index (κ1) is 11.2. The Hall–Kier alpha value is -1.32. The number of aliphatic hydroxyl groups excluding tert-OH is 1. The molecule has 0 aliphatic rings. The summed E-state index contributed by atoms with van der Waals surface area (Å²) in [5.74, 6) is 0. The fourth-order valence-corrected chi connectivity index (χ4v) is 2.03. The second-order valence-electron chi connectivity index (χ2n) is 4.04. The van der Waals surface area contributed by atoms with Crippen LogP contribution in [0.2, 0.25) is 0 Å². The average Bonchev–Trinajstić information content (AvgIpc) is 2.65. The fraction of sp³-hybridized carbons (Fsp3) is 0.385. The molecule has 3 heteroatoms. The molecule has 0 saturated heterocycles. The van der Waals surface area contributed by atoms with E-state index >= 15 is 0 Å². The van der Waals surface area contributed by atoms with E-state index in [9.17, 15) is 5.11 Å². The number of hydrogen-bond donors (Lipinski definition) is 2. The van der Waals surface area contributed by atoms with E-state index in [1.165, 1.54) is 0 Å². The number of benzene rings is 1. The monoisotopic (exact) mass is 218 g/mol. The van der Waals surface area contributed by atoms with Crippen molar-refractivity contribution in [2.24, 2.45) is 7.05 Å². The zero-order valence-electron chi connectivity index (χ0n) is 9.77. The molecule has 3 nitrogen and oxygen atoms in total. The van der Waals surface area contributed by atoms with Gasteiger partial charge >= 0.3 is 0 Å². The Morgan fingerprint density at radius 2 is 2.12 bits per heavy atom. The second kappa shape index (κ2) is 4.68. The first-order valence-corrected chi connectivity index (χ1v) is 5.66. The largest absolute Gasteiger partial charge is 0.387 e. The van der Waals surface area contributed by atoms with Crippen molar-refractivity contribution in [3.05, 3.63) is 36.0 Å². The number of aliphatic hydroxyl groups is 1. The summed E-state index contributed by atoms with van der Waals surface area (Å²) in [6, 6.07) is 8.15. The Labute approximate surface area is 95.7 Å². The molecule has 2 rings (SSSR count). The minimum Gasteiger partial charge on any atom is -0.387 e. The van der Waals surface area contributed by atoms with Crippen molar-refractivity contribution in [2.45, 2.75) is 13.0 Å². The highest BCUT2D eigenvalue weighted by Gasteiger charge is 2.13. The standard InChI is InChI=1S/C13H18N2O/c1-3-14-8-13(16)11-9-15(2)12-7-5-4-6-10(11)12/h4-7,9,13-14,16H,3,8H2,1-2H3. The summed E-state index contributed by atoms with van der Waals surface area (Å²) in [6.07, 6.45) is 1.57. The second-order valence-corrected chi connectivity index (χ2v) is 4.04. The van der Waals surface area contributed by atoms with Gasteiger partial charge in [0.05, 0.1) is 6.10 Å². The molecule has 1 aromatic carbocycles. The van der Waals surface area contributed by atoms with Gasteiger partial charge < -0.3 is 15.0 Å². The van der Waals surface area contributed by atoms with Gasteiger partial charge in [0.15, 0.2) is 0 Å². The summed E-state index contributed by atoms with van der Waals surface area (Å²) in [5, 5.41) is 14.4. The van der Waals surface area contributed by atoms with Gasteiger partial charge in [0.2, 0.25) is 0 Å². The molecule has 2 N–H and O–H groups in total. The van der Waals surface area contributed by atoms with Crippen LogP contribution in [-0.4, -0.2) is 22.8 Å². The third kappa shape index (κ3) is 1.96. The molecule has 0 bridgehead atoms. The Balaban J connectivity index is 2.37. The first-order valence-electron chi connectivity index (χ1n) is 5.66. The van der Waals surface area contributed by atoms with Crippen LogP contribution in [0.1, 0.15) is 18.6 Å². The molecule has 1 unspecified atom stereocenters. The minimum absolute atomic E-state index is 0.439. The van der Waals surface area contributed by atoms with E-state index in [-0.39, 0.29) is 0 Å². The van der Waals surface area contributed by atoms with Crippen LogP contribution in [0.15, 0.2) is 30.5 Å². The van der Waals surface area contributed by atoms with Gasteiger partial charge in [0.25, 0.3) is 0 Å². The lowest BCUT2D eigenvalue weighted by molar-refractivity contribution is 0.177. The number of aromatic nitrogens is 1. The van der Waals surface area contributed by atoms with Crippen molar-refractivity contribution in [1.82, 2.24) is 9.88 Å². The van der Waals surface area contributed by atoms with E-state index in [0.717, 1.165) is 23.0 Å². The first-order chi connectivity index (χ1) is 7.74. The van der Waals surface area contributed by atoms with Gasteiger partial charge in [-0.15, -0.1) is 0 Å². The Kier molecular flexibility index (Phi) is 3.27. The summed E-state index contributed by atoms with van der Waals surface area (Å²) in [5.41, 5.74) is 2.16. The van der Waals surface area contributed by atoms with Crippen LogP contribution in [0.5, 0.6) is 0 Å². The topological polar surface area (TPSA) is 37.2 Å². The van der Waals surface area contributed by atoms with Crippen molar-refractivity contribution in [3.63, 3.8) is 0 Å². The summed E-state index contributed by atoms with van der Waals surface area (Å²) < 4.78 is 2.06. The van der Waals surface area contributed by atoms with Crippen LogP contribution in [0.3, 0.4) is 0 Å². The molecule has 0 aliphatic heterocycles. The third-order valence-electron chi connectivity index (χ3n) is 2.87. The fourth-order valence-electron chi connectivity index (χ4n) is 2.03. The average molecular weight is 218 g/mol. The van der Waals surface area contributed by atoms with Crippen molar-refractivity contribution >= 4 is 10.9 Å². The molecule has 0 radical (unpaired) electrons. The van der Waals surface area contributed by atoms with Crippen molar-refractivity contribution in [2.75, 3.05) is 13.1 Å². The van der Waals surface area contributed by atoms with E-state index < -0.39 is 6.10 Å². The predicted octanol–water partition coefficient (Wildman–Crippen LogP) is 1.82. The zero-order valence-corrected chi connectivity index (χ0v) is 9.77. The number of rotatable bonds is 4. The zero-order chi connectivity index (χ0) is 11.5. The molecular weight excluding hydrogens is 200 g/mol. The van der Waals surface area contributed by atoms with Gasteiger partial charge in [-0.1, -0.05) is 25.1 Å². The van der Waals surface area contributed by atoms with E-state index in [2.05, 4.69) is 22.0 Å². The van der Waals surface area contributed by atoms with Crippen LogP contribution >= 0.6 is 0 Å². The molecule has 1 heterocycles. The van der Waals surface area contributed by atoms with Gasteiger partial charge in [0.1, 0.15) is 0 Å². The number of para-hydroxylation sites is 1. The van der Waals surface area contributed by atoms with Gasteiger partial charge in [-0.05, 0) is 12.6 Å². The molecule has 1 atom stereocenters. The van der Waals surface area contributed by atoms with E-state index in [1.54, 1.807) is 0 Å². The maximum absolute atomic E-state index is 10.1. The minimum atomic E-state index is -0.439. The number of nitrogens with one attached hydrogen (secondary N) is 1. The molecule has 0 amide bonds. The summed E-state index contributed by atoms with van der Waals surface area (Å²) >= 11 is 0. The number of likely N-dealkylation sites (N-methyl/N-ethyl adjacent to an activating group) is 1. The van der Waals surface area contributed by atoms with Crippen molar-refractivity contribution in [3.8, 4) is 0 Å². The highest BCUT2D eigenvalue weighted by atomic mass is 16.3. The number of aryl methyl sites for hydroxylation is 1. The smallest absolute Gasteiger partial charge is 0.0934 e. The summed E-state index contributed by atoms with van der Waals surface area (Å²) in [4.78, 5) is 0. The van der Waals surface area contributed by atoms with Crippen LogP contribution in [0.25, 0.3) is 10.9 Å². The lowest BCUT2D eigenvalue weighted by atomic mass is 10.1. The lowest BCUT2D eigenvalue weighted by Gasteiger charge is -2.09. The van der Waals surface area contributed by atoms with E-state index in [1.807, 2.05) is 32.3 Å². The van der Waals surface area contributed by atoms with E-state index in [0.29, 0.717) is 6.54 Å². The Morgan fingerprint density at radius 3 is 2.88 bits per heavy atom. The molecule has 1 aromatic heterocycles. The third-order valence-corrected chi connectivity index (χ3v) is 2.87. The highest BCUT2D eigenvalue weighted by molar-refractivity contribution is 5.84. The van der Waals surface area contributed by atoms with Crippen LogP contribution < -0.4 is 5.32 Å². The quantitative estimate of drug-likeness (QED) is 0.821. The van der Waals surface area contributed by atoms with Crippen LogP contribution in [0.4, 0.5) is 0 Å². The molecular formula is C13H18N2O. The Bertz CT molecular complexity index is 476. The lowest BCUT2D eigenvalue weighted by Crippen LogP contribution is -2.20. The Morgan fingerprint density at radius 1 is 1.38 bits per heavy atom. The summed E-state index contributed by atoms with van der Waals surface area (Å²) in [6.45, 7) is 3.52. The highest BCUT2D eigenvalue weighted by Crippen LogP contribution is 2.25. The predicted molar refractivity (Wildman–Crippen MR) is 66.4 cm³/mol. The maximum Gasteiger partial charge on any atom is 0.0934 e. The number of nitrogens with zero attached hydrogens (tertiary/aromatic N) is 1. The maximum atomic E-state index is 10.1. The SMILES string of the molecule is CCNCC(O)c1cn(C)c2ccccc12. The van der Waals surface area contributed by atoms with Crippen molar-refractivity contribution in [1.29, 1.82) is 0 Å². The molecule has 0 spiro atoms. The molecule has 0 saturated carbocycles. The van der Waals surface area contributed by atoms with E-state index in [4.69, 9.17) is 0 Å². The molecule has 0 fully saturated rings. The van der Waals surface area contributed by atoms with Gasteiger partial charge in [-0.25, -0.2) is 0 Å². The molecule has 86 valence electrons. The molecule has 16 heavy (non-hydrogen) atoms. The van der Waals surface area contributed by atoms with Gasteiger partial charge in [-0.2, -0.15) is 0 Å². The van der Waals surface area contributed by atoms with Crippen LogP contribution in [-0.2, 0) is 7.05 Å². The normalized spacial score (nSPS) is 13.2. The summed E-state index contributed by atoms with van der Waals surface area (Å²) in [7, 11) is 2.01. The number of fused-ring (bicyclic) bond motifs is 1. The number of hydrogen-bond acceptors (Lipinski definition) is 2.